The molecule has 1 rings (SSSR count). The first kappa shape index (κ1) is 13.9. The second-order valence-corrected chi connectivity index (χ2v) is 5.48. The van der Waals surface area contributed by atoms with Crippen molar-refractivity contribution in [3.63, 3.8) is 0 Å². The van der Waals surface area contributed by atoms with E-state index in [0.29, 0.717) is 6.42 Å². The fourth-order valence-corrected chi connectivity index (χ4v) is 2.40. The molecule has 0 spiro atoms. The van der Waals surface area contributed by atoms with Crippen molar-refractivity contribution in [3.8, 4) is 0 Å². The molecule has 0 aliphatic rings. The molecule has 1 aromatic carbocycles. The van der Waals surface area contributed by atoms with Crippen LogP contribution in [-0.2, 0) is 6.42 Å². The number of hydrogen-bond donors (Lipinski definition) is 1. The smallest absolute Gasteiger partial charge is 0.0581 e. The number of aliphatic hydroxyl groups excluding tert-OH is 1. The maximum Gasteiger partial charge on any atom is 0.0581 e. The fraction of sp³-hybridized carbons (Fsp3) is 0.538. The summed E-state index contributed by atoms with van der Waals surface area (Å²) in [4.78, 5) is 0. The molecule has 0 aliphatic carbocycles. The molecule has 0 heterocycles. The van der Waals surface area contributed by atoms with Crippen LogP contribution in [0.2, 0.25) is 5.02 Å². The SMILES string of the molecule is CSCCCC(O)Cc1ccc(C)cc1Cl. The van der Waals surface area contributed by atoms with Gasteiger partial charge in [-0.25, -0.2) is 0 Å². The lowest BCUT2D eigenvalue weighted by Crippen LogP contribution is -2.11. The van der Waals surface area contributed by atoms with Crippen molar-refractivity contribution in [2.45, 2.75) is 32.3 Å². The van der Waals surface area contributed by atoms with Crippen LogP contribution in [0.1, 0.15) is 24.0 Å². The van der Waals surface area contributed by atoms with Gasteiger partial charge < -0.3 is 5.11 Å². The van der Waals surface area contributed by atoms with Crippen molar-refractivity contribution >= 4 is 23.4 Å². The standard InChI is InChI=1S/C13H19ClOS/c1-10-5-6-11(13(14)8-10)9-12(15)4-3-7-16-2/h5-6,8,12,15H,3-4,7,9H2,1-2H3. The molecule has 3 heteroatoms. The maximum absolute atomic E-state index is 9.86. The first-order chi connectivity index (χ1) is 7.63. The van der Waals surface area contributed by atoms with Gasteiger partial charge >= 0.3 is 0 Å². The summed E-state index contributed by atoms with van der Waals surface area (Å²) >= 11 is 7.94. The minimum Gasteiger partial charge on any atom is -0.393 e. The molecule has 1 aromatic rings. The molecular formula is C13H19ClOS. The van der Waals surface area contributed by atoms with Gasteiger partial charge in [0.1, 0.15) is 0 Å². The van der Waals surface area contributed by atoms with Crippen molar-refractivity contribution in [1.82, 2.24) is 0 Å². The maximum atomic E-state index is 9.86. The van der Waals surface area contributed by atoms with Crippen LogP contribution in [0.4, 0.5) is 0 Å². The van der Waals surface area contributed by atoms with E-state index in [2.05, 4.69) is 6.26 Å². The molecule has 0 saturated heterocycles. The molecule has 1 N–H and O–H groups in total. The molecule has 1 unspecified atom stereocenters. The van der Waals surface area contributed by atoms with Crippen molar-refractivity contribution in [3.05, 3.63) is 34.3 Å². The third-order valence-electron chi connectivity index (χ3n) is 2.55. The highest BCUT2D eigenvalue weighted by Gasteiger charge is 2.08. The van der Waals surface area contributed by atoms with Crippen LogP contribution in [0.3, 0.4) is 0 Å². The third kappa shape index (κ3) is 4.77. The topological polar surface area (TPSA) is 20.2 Å². The molecule has 0 aliphatic heterocycles. The molecule has 1 nitrogen and oxygen atoms in total. The van der Waals surface area contributed by atoms with Gasteiger partial charge in [-0.3, -0.25) is 0 Å². The van der Waals surface area contributed by atoms with Crippen LogP contribution in [-0.4, -0.2) is 23.2 Å². The normalized spacial score (nSPS) is 12.8. The van der Waals surface area contributed by atoms with Crippen molar-refractivity contribution in [2.75, 3.05) is 12.0 Å². The van der Waals surface area contributed by atoms with Crippen molar-refractivity contribution in [1.29, 1.82) is 0 Å². The number of halogens is 1. The third-order valence-corrected chi connectivity index (χ3v) is 3.60. The summed E-state index contributed by atoms with van der Waals surface area (Å²) in [6.45, 7) is 2.02. The highest BCUT2D eigenvalue weighted by Crippen LogP contribution is 2.20. The monoisotopic (exact) mass is 258 g/mol. The Balaban J connectivity index is 2.46. The summed E-state index contributed by atoms with van der Waals surface area (Å²) in [7, 11) is 0. The molecule has 16 heavy (non-hydrogen) atoms. The Bertz CT molecular complexity index is 328. The van der Waals surface area contributed by atoms with E-state index >= 15 is 0 Å². The average Bonchev–Trinajstić information content (AvgIpc) is 2.23. The number of aryl methyl sites for hydroxylation is 1. The van der Waals surface area contributed by atoms with E-state index in [1.54, 1.807) is 0 Å². The lowest BCUT2D eigenvalue weighted by atomic mass is 10.0. The van der Waals surface area contributed by atoms with Crippen LogP contribution >= 0.6 is 23.4 Å². The fourth-order valence-electron chi connectivity index (χ4n) is 1.64. The van der Waals surface area contributed by atoms with E-state index in [9.17, 15) is 5.11 Å². The number of benzene rings is 1. The highest BCUT2D eigenvalue weighted by atomic mass is 35.5. The molecule has 0 amide bonds. The van der Waals surface area contributed by atoms with E-state index in [4.69, 9.17) is 11.6 Å². The van der Waals surface area contributed by atoms with Gasteiger partial charge in [0.15, 0.2) is 0 Å². The molecule has 0 saturated carbocycles. The van der Waals surface area contributed by atoms with Gasteiger partial charge in [-0.15, -0.1) is 0 Å². The van der Waals surface area contributed by atoms with Gasteiger partial charge in [0.2, 0.25) is 0 Å². The summed E-state index contributed by atoms with van der Waals surface area (Å²) in [5.74, 6) is 1.11. The van der Waals surface area contributed by atoms with E-state index in [1.165, 1.54) is 0 Å². The van der Waals surface area contributed by atoms with Gasteiger partial charge in [0.25, 0.3) is 0 Å². The second-order valence-electron chi connectivity index (χ2n) is 4.09. The second kappa shape index (κ2) is 7.21. The van der Waals surface area contributed by atoms with Gasteiger partial charge in [-0.1, -0.05) is 23.7 Å². The zero-order chi connectivity index (χ0) is 12.0. The van der Waals surface area contributed by atoms with Gasteiger partial charge in [-0.2, -0.15) is 11.8 Å². The van der Waals surface area contributed by atoms with Crippen LogP contribution in [0, 0.1) is 6.92 Å². The molecule has 0 bridgehead atoms. The molecular weight excluding hydrogens is 240 g/mol. The van der Waals surface area contributed by atoms with E-state index in [0.717, 1.165) is 34.7 Å². The summed E-state index contributed by atoms with van der Waals surface area (Å²) in [5.41, 5.74) is 2.20. The molecule has 90 valence electrons. The summed E-state index contributed by atoms with van der Waals surface area (Å²) in [6.07, 6.45) is 4.39. The van der Waals surface area contributed by atoms with Crippen molar-refractivity contribution < 1.29 is 5.11 Å². The number of aliphatic hydroxyl groups is 1. The molecule has 0 fully saturated rings. The molecule has 0 aromatic heterocycles. The Kier molecular flexibility index (Phi) is 6.25. The number of hydrogen-bond acceptors (Lipinski definition) is 2. The Morgan fingerprint density at radius 1 is 1.44 bits per heavy atom. The van der Waals surface area contributed by atoms with E-state index in [1.807, 2.05) is 36.9 Å². The van der Waals surface area contributed by atoms with Crippen LogP contribution < -0.4 is 0 Å². The first-order valence-corrected chi connectivity index (χ1v) is 7.32. The van der Waals surface area contributed by atoms with Gasteiger partial charge in [0.05, 0.1) is 6.10 Å². The quantitative estimate of drug-likeness (QED) is 0.786. The average molecular weight is 259 g/mol. The predicted molar refractivity (Wildman–Crippen MR) is 73.5 cm³/mol. The highest BCUT2D eigenvalue weighted by molar-refractivity contribution is 7.98. The Morgan fingerprint density at radius 3 is 2.81 bits per heavy atom. The zero-order valence-electron chi connectivity index (χ0n) is 9.87. The lowest BCUT2D eigenvalue weighted by molar-refractivity contribution is 0.164. The van der Waals surface area contributed by atoms with E-state index < -0.39 is 0 Å². The summed E-state index contributed by atoms with van der Waals surface area (Å²) in [6, 6.07) is 6.00. The lowest BCUT2D eigenvalue weighted by Gasteiger charge is -2.11. The molecule has 0 radical (unpaired) electrons. The number of thioether (sulfide) groups is 1. The largest absolute Gasteiger partial charge is 0.393 e. The Morgan fingerprint density at radius 2 is 2.19 bits per heavy atom. The van der Waals surface area contributed by atoms with Crippen molar-refractivity contribution in [2.24, 2.45) is 0 Å². The van der Waals surface area contributed by atoms with Crippen LogP contribution in [0.25, 0.3) is 0 Å². The van der Waals surface area contributed by atoms with Crippen LogP contribution in [0.15, 0.2) is 18.2 Å². The molecule has 1 atom stereocenters. The Hall–Kier alpha value is -0.180. The first-order valence-electron chi connectivity index (χ1n) is 5.55. The zero-order valence-corrected chi connectivity index (χ0v) is 11.4. The summed E-state index contributed by atoms with van der Waals surface area (Å²) < 4.78 is 0. The van der Waals surface area contributed by atoms with Gasteiger partial charge in [-0.05, 0) is 55.4 Å². The minimum absolute atomic E-state index is 0.271. The summed E-state index contributed by atoms with van der Waals surface area (Å²) in [5, 5.41) is 10.6. The Labute approximate surface area is 107 Å². The minimum atomic E-state index is -0.271. The number of rotatable bonds is 6. The van der Waals surface area contributed by atoms with Crippen LogP contribution in [0.5, 0.6) is 0 Å². The predicted octanol–water partition coefficient (Wildman–Crippen LogP) is 3.70. The van der Waals surface area contributed by atoms with Gasteiger partial charge in [0, 0.05) is 5.02 Å². The van der Waals surface area contributed by atoms with E-state index in [-0.39, 0.29) is 6.10 Å².